The van der Waals surface area contributed by atoms with Crippen LogP contribution in [-0.2, 0) is 0 Å². The molecule has 1 N–H and O–H groups in total. The summed E-state index contributed by atoms with van der Waals surface area (Å²) in [4.78, 5) is 22.3. The molecule has 1 aliphatic heterocycles. The van der Waals surface area contributed by atoms with E-state index < -0.39 is 0 Å². The van der Waals surface area contributed by atoms with E-state index in [1.54, 1.807) is 46.5 Å². The molecule has 0 bridgehead atoms. The fraction of sp³-hybridized carbons (Fsp3) is 0.357. The zero-order valence-corrected chi connectivity index (χ0v) is 11.0. The van der Waals surface area contributed by atoms with Gasteiger partial charge in [-0.3, -0.25) is 9.36 Å². The van der Waals surface area contributed by atoms with Gasteiger partial charge in [0, 0.05) is 25.1 Å². The summed E-state index contributed by atoms with van der Waals surface area (Å²) in [5.74, 6) is 0.658. The molecule has 104 valence electrons. The van der Waals surface area contributed by atoms with Crippen LogP contribution in [0, 0.1) is 0 Å². The zero-order valence-electron chi connectivity index (χ0n) is 11.0. The van der Waals surface area contributed by atoms with E-state index in [0.717, 1.165) is 18.7 Å². The molecular formula is C14H16N4O2. The summed E-state index contributed by atoms with van der Waals surface area (Å²) in [5, 5.41) is 9.28. The van der Waals surface area contributed by atoms with Crippen LogP contribution in [-0.4, -0.2) is 49.6 Å². The third-order valence-corrected chi connectivity index (χ3v) is 3.61. The largest absolute Gasteiger partial charge is 0.394 e. The first-order valence-electron chi connectivity index (χ1n) is 6.66. The lowest BCUT2D eigenvalue weighted by atomic mass is 10.2. The quantitative estimate of drug-likeness (QED) is 0.899. The van der Waals surface area contributed by atoms with Crippen LogP contribution in [0.25, 0.3) is 5.82 Å². The maximum atomic E-state index is 12.4. The minimum Gasteiger partial charge on any atom is -0.394 e. The summed E-state index contributed by atoms with van der Waals surface area (Å²) in [7, 11) is 0. The number of carbonyl (C=O) groups is 1. The van der Waals surface area contributed by atoms with Gasteiger partial charge in [0.1, 0.15) is 12.1 Å². The minimum atomic E-state index is -0.0637. The second-order valence-corrected chi connectivity index (χ2v) is 4.85. The Kier molecular flexibility index (Phi) is 3.47. The molecular weight excluding hydrogens is 256 g/mol. The Morgan fingerprint density at radius 3 is 3.00 bits per heavy atom. The fourth-order valence-electron chi connectivity index (χ4n) is 2.52. The molecule has 3 rings (SSSR count). The molecule has 3 heterocycles. The predicted molar refractivity (Wildman–Crippen MR) is 72.5 cm³/mol. The molecule has 2 aromatic heterocycles. The highest BCUT2D eigenvalue weighted by molar-refractivity contribution is 5.94. The maximum absolute atomic E-state index is 12.4. The smallest absolute Gasteiger partial charge is 0.255 e. The third-order valence-electron chi connectivity index (χ3n) is 3.61. The van der Waals surface area contributed by atoms with Gasteiger partial charge in [-0.15, -0.1) is 0 Å². The molecule has 0 unspecified atom stereocenters. The van der Waals surface area contributed by atoms with E-state index >= 15 is 0 Å². The van der Waals surface area contributed by atoms with Crippen molar-refractivity contribution in [1.29, 1.82) is 0 Å². The third kappa shape index (κ3) is 2.30. The van der Waals surface area contributed by atoms with Crippen LogP contribution in [0.3, 0.4) is 0 Å². The van der Waals surface area contributed by atoms with E-state index in [2.05, 4.69) is 9.97 Å². The van der Waals surface area contributed by atoms with Crippen molar-refractivity contribution in [1.82, 2.24) is 19.4 Å². The maximum Gasteiger partial charge on any atom is 0.255 e. The van der Waals surface area contributed by atoms with Gasteiger partial charge >= 0.3 is 0 Å². The van der Waals surface area contributed by atoms with E-state index in [9.17, 15) is 9.90 Å². The highest BCUT2D eigenvalue weighted by Gasteiger charge is 2.28. The summed E-state index contributed by atoms with van der Waals surface area (Å²) in [6, 6.07) is 3.49. The molecule has 0 aromatic carbocycles. The SMILES string of the molecule is O=C(c1ccc(-n2ccnc2)nc1)N1CCC[C@H]1CO. The summed E-state index contributed by atoms with van der Waals surface area (Å²) >= 11 is 0. The zero-order chi connectivity index (χ0) is 13.9. The van der Waals surface area contributed by atoms with Gasteiger partial charge < -0.3 is 10.0 Å². The number of amides is 1. The Balaban J connectivity index is 1.79. The first-order valence-corrected chi connectivity index (χ1v) is 6.66. The van der Waals surface area contributed by atoms with Gasteiger partial charge in [0.05, 0.1) is 18.2 Å². The molecule has 1 amide bonds. The van der Waals surface area contributed by atoms with Crippen molar-refractivity contribution in [2.24, 2.45) is 0 Å². The van der Waals surface area contributed by atoms with Gasteiger partial charge in [-0.1, -0.05) is 0 Å². The number of rotatable bonds is 3. The van der Waals surface area contributed by atoms with Crippen LogP contribution in [0.5, 0.6) is 0 Å². The Hall–Kier alpha value is -2.21. The molecule has 0 spiro atoms. The van der Waals surface area contributed by atoms with E-state index in [4.69, 9.17) is 0 Å². The van der Waals surface area contributed by atoms with Crippen molar-refractivity contribution in [3.05, 3.63) is 42.6 Å². The second kappa shape index (κ2) is 5.42. The van der Waals surface area contributed by atoms with Crippen LogP contribution < -0.4 is 0 Å². The lowest BCUT2D eigenvalue weighted by Gasteiger charge is -2.22. The number of pyridine rings is 1. The molecule has 6 nitrogen and oxygen atoms in total. The number of aliphatic hydroxyl groups excluding tert-OH is 1. The van der Waals surface area contributed by atoms with Gasteiger partial charge in [0.15, 0.2) is 0 Å². The van der Waals surface area contributed by atoms with Crippen molar-refractivity contribution in [3.63, 3.8) is 0 Å². The van der Waals surface area contributed by atoms with Crippen molar-refractivity contribution < 1.29 is 9.90 Å². The van der Waals surface area contributed by atoms with E-state index in [-0.39, 0.29) is 18.6 Å². The summed E-state index contributed by atoms with van der Waals surface area (Å²) in [5.41, 5.74) is 0.550. The second-order valence-electron chi connectivity index (χ2n) is 4.85. The number of likely N-dealkylation sites (tertiary alicyclic amines) is 1. The van der Waals surface area contributed by atoms with Gasteiger partial charge in [-0.25, -0.2) is 9.97 Å². The van der Waals surface area contributed by atoms with Crippen LogP contribution in [0.1, 0.15) is 23.2 Å². The van der Waals surface area contributed by atoms with Crippen molar-refractivity contribution in [2.45, 2.75) is 18.9 Å². The van der Waals surface area contributed by atoms with Crippen molar-refractivity contribution >= 4 is 5.91 Å². The molecule has 0 aliphatic carbocycles. The highest BCUT2D eigenvalue weighted by atomic mass is 16.3. The molecule has 0 radical (unpaired) electrons. The number of carbonyl (C=O) groups excluding carboxylic acids is 1. The number of hydrogen-bond donors (Lipinski definition) is 1. The Bertz CT molecular complexity index is 580. The lowest BCUT2D eigenvalue weighted by Crippen LogP contribution is -2.37. The number of aromatic nitrogens is 3. The Labute approximate surface area is 116 Å². The van der Waals surface area contributed by atoms with Gasteiger partial charge in [-0.2, -0.15) is 0 Å². The standard InChI is InChI=1S/C14H16N4O2/c19-9-12-2-1-6-18(12)14(20)11-3-4-13(16-8-11)17-7-5-15-10-17/h3-5,7-8,10,12,19H,1-2,6,9H2/t12-/m0/s1. The molecule has 1 aliphatic rings. The van der Waals surface area contributed by atoms with Gasteiger partial charge in [0.25, 0.3) is 5.91 Å². The first-order chi connectivity index (χ1) is 9.79. The molecule has 6 heteroatoms. The highest BCUT2D eigenvalue weighted by Crippen LogP contribution is 2.19. The molecule has 2 aromatic rings. The van der Waals surface area contributed by atoms with E-state index in [0.29, 0.717) is 12.1 Å². The molecule has 0 saturated carbocycles. The normalized spacial score (nSPS) is 18.4. The molecule has 1 saturated heterocycles. The number of nitrogens with zero attached hydrogens (tertiary/aromatic N) is 4. The molecule has 1 fully saturated rings. The Morgan fingerprint density at radius 2 is 2.35 bits per heavy atom. The summed E-state index contributed by atoms with van der Waals surface area (Å²) in [6.07, 6.45) is 8.51. The van der Waals surface area contributed by atoms with Crippen molar-refractivity contribution in [2.75, 3.05) is 13.2 Å². The molecule has 1 atom stereocenters. The predicted octanol–water partition coefficient (Wildman–Crippen LogP) is 0.864. The van der Waals surface area contributed by atoms with Crippen LogP contribution in [0.4, 0.5) is 0 Å². The van der Waals surface area contributed by atoms with Gasteiger partial charge in [-0.05, 0) is 25.0 Å². The van der Waals surface area contributed by atoms with E-state index in [1.165, 1.54) is 0 Å². The van der Waals surface area contributed by atoms with Gasteiger partial charge in [0.2, 0.25) is 0 Å². The topological polar surface area (TPSA) is 71.2 Å². The van der Waals surface area contributed by atoms with Crippen LogP contribution in [0.15, 0.2) is 37.1 Å². The lowest BCUT2D eigenvalue weighted by molar-refractivity contribution is 0.0677. The average Bonchev–Trinajstić information content (AvgIpc) is 3.17. The van der Waals surface area contributed by atoms with Crippen molar-refractivity contribution in [3.8, 4) is 5.82 Å². The first kappa shape index (κ1) is 12.8. The average molecular weight is 272 g/mol. The number of aliphatic hydroxyl groups is 1. The molecule has 20 heavy (non-hydrogen) atoms. The number of imidazole rings is 1. The van der Waals surface area contributed by atoms with Crippen LogP contribution >= 0.6 is 0 Å². The number of hydrogen-bond acceptors (Lipinski definition) is 4. The Morgan fingerprint density at radius 1 is 1.45 bits per heavy atom. The summed E-state index contributed by atoms with van der Waals surface area (Å²) in [6.45, 7) is 0.722. The van der Waals surface area contributed by atoms with E-state index in [1.807, 2.05) is 0 Å². The van der Waals surface area contributed by atoms with Crippen LogP contribution in [0.2, 0.25) is 0 Å². The fourth-order valence-corrected chi connectivity index (χ4v) is 2.52. The minimum absolute atomic E-state index is 0.0201. The summed E-state index contributed by atoms with van der Waals surface area (Å²) < 4.78 is 1.78. The monoisotopic (exact) mass is 272 g/mol.